The lowest BCUT2D eigenvalue weighted by Crippen LogP contribution is -2.61. The van der Waals surface area contributed by atoms with Crippen molar-refractivity contribution in [3.63, 3.8) is 0 Å². The standard InChI is InChI=1S/C52H100O14/c1-3-5-7-9-11-12-13-14-15-16-17-18-19-20-21-22-23-24-25-26-27-28-30-32-34-36-61-38-41(64-44(54)35-33-31-29-10-8-6-4-2)39-62-51-50(60)48(58)46(56)43(66-51)40-63-52-49(59)47(57)45(55)42(37-53)65-52/h41-43,45-53,55-60H,3-40H2,1-2H3. The summed E-state index contributed by atoms with van der Waals surface area (Å²) in [5.74, 6) is -0.378. The van der Waals surface area contributed by atoms with Gasteiger partial charge in [0.25, 0.3) is 0 Å². The Morgan fingerprint density at radius 3 is 1.23 bits per heavy atom. The number of hydrogen-bond acceptors (Lipinski definition) is 14. The average molecular weight is 949 g/mol. The summed E-state index contributed by atoms with van der Waals surface area (Å²) in [6.07, 6.45) is 25.0. The highest BCUT2D eigenvalue weighted by Crippen LogP contribution is 2.27. The van der Waals surface area contributed by atoms with Crippen molar-refractivity contribution in [2.75, 3.05) is 33.0 Å². The van der Waals surface area contributed by atoms with Crippen LogP contribution in [0.5, 0.6) is 0 Å². The number of hydrogen-bond donors (Lipinski definition) is 7. The Hall–Kier alpha value is -1.01. The predicted octanol–water partition coefficient (Wildman–Crippen LogP) is 8.47. The largest absolute Gasteiger partial charge is 0.457 e. The Bertz CT molecular complexity index is 1100. The normalized spacial score (nSPS) is 26.2. The molecule has 2 heterocycles. The van der Waals surface area contributed by atoms with Crippen LogP contribution in [0.3, 0.4) is 0 Å². The molecular weight excluding hydrogens is 849 g/mol. The number of esters is 1. The molecule has 2 aliphatic heterocycles. The molecule has 66 heavy (non-hydrogen) atoms. The number of rotatable bonds is 44. The zero-order valence-electron chi connectivity index (χ0n) is 41.7. The Morgan fingerprint density at radius 1 is 0.439 bits per heavy atom. The first kappa shape index (κ1) is 61.1. The van der Waals surface area contributed by atoms with Gasteiger partial charge in [-0.05, 0) is 12.8 Å². The van der Waals surface area contributed by atoms with Gasteiger partial charge in [0.05, 0.1) is 26.4 Å². The van der Waals surface area contributed by atoms with Crippen LogP contribution < -0.4 is 0 Å². The second-order valence-electron chi connectivity index (χ2n) is 19.4. The van der Waals surface area contributed by atoms with Crippen molar-refractivity contribution in [1.29, 1.82) is 0 Å². The van der Waals surface area contributed by atoms with Gasteiger partial charge in [0, 0.05) is 13.0 Å². The molecule has 0 aliphatic carbocycles. The average Bonchev–Trinajstić information content (AvgIpc) is 3.31. The van der Waals surface area contributed by atoms with E-state index in [1.54, 1.807) is 0 Å². The third-order valence-corrected chi connectivity index (χ3v) is 13.4. The number of carbonyl (C=O) groups excluding carboxylic acids is 1. The molecule has 0 aromatic heterocycles. The van der Waals surface area contributed by atoms with E-state index < -0.39 is 80.7 Å². The Labute approximate surface area is 400 Å². The van der Waals surface area contributed by atoms with Crippen molar-refractivity contribution >= 4 is 5.97 Å². The highest BCUT2D eigenvalue weighted by atomic mass is 16.7. The first-order chi connectivity index (χ1) is 32.1. The molecule has 392 valence electrons. The van der Waals surface area contributed by atoms with Gasteiger partial charge in [0.1, 0.15) is 54.9 Å². The quantitative estimate of drug-likeness (QED) is 0.0226. The zero-order valence-corrected chi connectivity index (χ0v) is 41.7. The van der Waals surface area contributed by atoms with Gasteiger partial charge in [0.15, 0.2) is 12.6 Å². The van der Waals surface area contributed by atoms with E-state index in [2.05, 4.69) is 13.8 Å². The molecule has 2 aliphatic rings. The van der Waals surface area contributed by atoms with Gasteiger partial charge >= 0.3 is 5.97 Å². The van der Waals surface area contributed by atoms with Crippen molar-refractivity contribution in [2.24, 2.45) is 0 Å². The zero-order chi connectivity index (χ0) is 48.0. The van der Waals surface area contributed by atoms with Crippen LogP contribution in [0.2, 0.25) is 0 Å². The van der Waals surface area contributed by atoms with Crippen LogP contribution in [0.25, 0.3) is 0 Å². The predicted molar refractivity (Wildman–Crippen MR) is 257 cm³/mol. The molecule has 11 atom stereocenters. The highest BCUT2D eigenvalue weighted by molar-refractivity contribution is 5.69. The summed E-state index contributed by atoms with van der Waals surface area (Å²) in [7, 11) is 0. The molecule has 2 rings (SSSR count). The van der Waals surface area contributed by atoms with Crippen LogP contribution in [0.1, 0.15) is 226 Å². The minimum atomic E-state index is -1.70. The molecule has 14 nitrogen and oxygen atoms in total. The maximum atomic E-state index is 12.9. The van der Waals surface area contributed by atoms with E-state index in [0.29, 0.717) is 13.0 Å². The van der Waals surface area contributed by atoms with E-state index in [-0.39, 0.29) is 25.6 Å². The van der Waals surface area contributed by atoms with Gasteiger partial charge < -0.3 is 64.2 Å². The van der Waals surface area contributed by atoms with E-state index in [9.17, 15) is 40.5 Å². The number of unbranched alkanes of at least 4 members (excludes halogenated alkanes) is 30. The fourth-order valence-electron chi connectivity index (χ4n) is 8.93. The summed E-state index contributed by atoms with van der Waals surface area (Å²) >= 11 is 0. The van der Waals surface area contributed by atoms with Crippen molar-refractivity contribution < 1.29 is 69.0 Å². The maximum Gasteiger partial charge on any atom is 0.306 e. The molecule has 11 unspecified atom stereocenters. The third-order valence-electron chi connectivity index (χ3n) is 13.4. The van der Waals surface area contributed by atoms with E-state index in [4.69, 9.17) is 28.4 Å². The summed E-state index contributed by atoms with van der Waals surface area (Å²) in [5, 5.41) is 72.0. The highest BCUT2D eigenvalue weighted by Gasteiger charge is 2.47. The lowest BCUT2D eigenvalue weighted by molar-refractivity contribution is -0.332. The monoisotopic (exact) mass is 949 g/mol. The number of ether oxygens (including phenoxy) is 6. The van der Waals surface area contributed by atoms with Crippen LogP contribution >= 0.6 is 0 Å². The summed E-state index contributed by atoms with van der Waals surface area (Å²) < 4.78 is 34.2. The molecule has 0 spiro atoms. The minimum absolute atomic E-state index is 0.0692. The molecule has 0 amide bonds. The number of aliphatic hydroxyl groups excluding tert-OH is 7. The van der Waals surface area contributed by atoms with E-state index >= 15 is 0 Å². The molecule has 0 bridgehead atoms. The van der Waals surface area contributed by atoms with E-state index in [1.165, 1.54) is 161 Å². The third kappa shape index (κ3) is 28.0. The lowest BCUT2D eigenvalue weighted by Gasteiger charge is -2.42. The second-order valence-corrected chi connectivity index (χ2v) is 19.4. The Kier molecular flexibility index (Phi) is 37.7. The fraction of sp³-hybridized carbons (Fsp3) is 0.981. The number of carbonyl (C=O) groups is 1. The van der Waals surface area contributed by atoms with Crippen LogP contribution in [-0.4, -0.2) is 142 Å². The molecule has 2 saturated heterocycles. The van der Waals surface area contributed by atoms with Crippen molar-refractivity contribution in [3.05, 3.63) is 0 Å². The van der Waals surface area contributed by atoms with Gasteiger partial charge in [-0.2, -0.15) is 0 Å². The van der Waals surface area contributed by atoms with Gasteiger partial charge in [0.2, 0.25) is 0 Å². The SMILES string of the molecule is CCCCCCCCCCCCCCCCCCCCCCCCCCCOCC(COC1OC(COC2OC(CO)C(O)C(O)C2O)C(O)C(O)C1O)OC(=O)CCCCCCCCC. The van der Waals surface area contributed by atoms with Crippen molar-refractivity contribution in [1.82, 2.24) is 0 Å². The van der Waals surface area contributed by atoms with Gasteiger partial charge in [-0.3, -0.25) is 4.79 Å². The molecule has 0 aromatic rings. The van der Waals surface area contributed by atoms with E-state index in [0.717, 1.165) is 38.5 Å². The molecular formula is C52H100O14. The minimum Gasteiger partial charge on any atom is -0.457 e. The van der Waals surface area contributed by atoms with E-state index in [1.807, 2.05) is 0 Å². The summed E-state index contributed by atoms with van der Waals surface area (Å²) in [4.78, 5) is 12.9. The molecule has 0 radical (unpaired) electrons. The Morgan fingerprint density at radius 2 is 0.803 bits per heavy atom. The molecule has 14 heteroatoms. The van der Waals surface area contributed by atoms with Gasteiger partial charge in [-0.1, -0.05) is 206 Å². The molecule has 0 aromatic carbocycles. The summed E-state index contributed by atoms with van der Waals surface area (Å²) in [5.41, 5.74) is 0. The van der Waals surface area contributed by atoms with Crippen molar-refractivity contribution in [3.8, 4) is 0 Å². The van der Waals surface area contributed by atoms with Crippen LogP contribution in [0.4, 0.5) is 0 Å². The van der Waals surface area contributed by atoms with Crippen LogP contribution in [-0.2, 0) is 33.2 Å². The van der Waals surface area contributed by atoms with Gasteiger partial charge in [-0.15, -0.1) is 0 Å². The second kappa shape index (κ2) is 40.7. The molecule has 2 fully saturated rings. The lowest BCUT2D eigenvalue weighted by atomic mass is 9.98. The summed E-state index contributed by atoms with van der Waals surface area (Å²) in [6, 6.07) is 0. The number of aliphatic hydroxyl groups is 7. The first-order valence-electron chi connectivity index (χ1n) is 27.1. The van der Waals surface area contributed by atoms with Crippen molar-refractivity contribution in [2.45, 2.75) is 293 Å². The smallest absolute Gasteiger partial charge is 0.306 e. The summed E-state index contributed by atoms with van der Waals surface area (Å²) in [6.45, 7) is 3.68. The van der Waals surface area contributed by atoms with Gasteiger partial charge in [-0.25, -0.2) is 0 Å². The topological polar surface area (TPSA) is 214 Å². The van der Waals surface area contributed by atoms with Crippen LogP contribution in [0.15, 0.2) is 0 Å². The fourth-order valence-corrected chi connectivity index (χ4v) is 8.93. The first-order valence-corrected chi connectivity index (χ1v) is 27.1. The molecule has 0 saturated carbocycles. The maximum absolute atomic E-state index is 12.9. The van der Waals surface area contributed by atoms with Crippen LogP contribution in [0, 0.1) is 0 Å². The molecule has 7 N–H and O–H groups in total. The Balaban J connectivity index is 1.62.